The quantitative estimate of drug-likeness (QED) is 0.707. The first kappa shape index (κ1) is 11.3. The Kier molecular flexibility index (Phi) is 3.03. The molecule has 0 N–H and O–H groups in total. The van der Waals surface area contributed by atoms with E-state index in [9.17, 15) is 0 Å². The van der Waals surface area contributed by atoms with Gasteiger partial charge in [-0.25, -0.2) is 0 Å². The fraction of sp³-hybridized carbons (Fsp3) is 0.750. The molecule has 14 heavy (non-hydrogen) atoms. The first-order chi connectivity index (χ1) is 6.41. The summed E-state index contributed by atoms with van der Waals surface area (Å²) in [5, 5.41) is 4.63. The van der Waals surface area contributed by atoms with E-state index in [0.717, 1.165) is 13.0 Å². The molecule has 0 saturated heterocycles. The molecule has 1 aromatic heterocycles. The average Bonchev–Trinajstić information content (AvgIpc) is 2.40. The van der Waals surface area contributed by atoms with Crippen LogP contribution in [0.15, 0.2) is 0 Å². The number of aryl methyl sites for hydroxylation is 2. The fourth-order valence-electron chi connectivity index (χ4n) is 2.12. The van der Waals surface area contributed by atoms with Gasteiger partial charge in [0.05, 0.1) is 5.69 Å². The maximum atomic E-state index is 4.63. The molecular formula is C12H22N2. The van der Waals surface area contributed by atoms with E-state index in [4.69, 9.17) is 0 Å². The lowest BCUT2D eigenvalue weighted by Crippen LogP contribution is -2.19. The molecule has 1 aromatic rings. The van der Waals surface area contributed by atoms with Crippen molar-refractivity contribution in [3.8, 4) is 0 Å². The van der Waals surface area contributed by atoms with Gasteiger partial charge in [0.15, 0.2) is 0 Å². The van der Waals surface area contributed by atoms with Gasteiger partial charge in [0.1, 0.15) is 0 Å². The van der Waals surface area contributed by atoms with E-state index in [1.54, 1.807) is 0 Å². The first-order valence-electron chi connectivity index (χ1n) is 5.48. The second kappa shape index (κ2) is 3.76. The predicted molar refractivity (Wildman–Crippen MR) is 60.7 cm³/mol. The van der Waals surface area contributed by atoms with Gasteiger partial charge in [-0.3, -0.25) is 4.68 Å². The zero-order valence-electron chi connectivity index (χ0n) is 10.3. The standard InChI is InChI=1S/C12H22N2/c1-7-10-9(3)11(12(4,5)6)14(8-2)13-10/h7-8H2,1-6H3. The van der Waals surface area contributed by atoms with E-state index in [2.05, 4.69) is 51.3 Å². The molecule has 0 aliphatic heterocycles. The number of rotatable bonds is 2. The normalized spacial score (nSPS) is 12.1. The molecule has 2 nitrogen and oxygen atoms in total. The Labute approximate surface area is 87.3 Å². The number of hydrogen-bond donors (Lipinski definition) is 0. The van der Waals surface area contributed by atoms with E-state index in [1.165, 1.54) is 17.0 Å². The van der Waals surface area contributed by atoms with Crippen LogP contribution >= 0.6 is 0 Å². The van der Waals surface area contributed by atoms with E-state index in [1.807, 2.05) is 0 Å². The van der Waals surface area contributed by atoms with Crippen LogP contribution < -0.4 is 0 Å². The smallest absolute Gasteiger partial charge is 0.0654 e. The highest BCUT2D eigenvalue weighted by Crippen LogP contribution is 2.27. The van der Waals surface area contributed by atoms with E-state index >= 15 is 0 Å². The van der Waals surface area contributed by atoms with Crippen LogP contribution in [0.4, 0.5) is 0 Å². The van der Waals surface area contributed by atoms with Crippen LogP contribution in [0, 0.1) is 6.92 Å². The van der Waals surface area contributed by atoms with Crippen molar-refractivity contribution in [2.45, 2.75) is 59.9 Å². The van der Waals surface area contributed by atoms with Crippen LogP contribution in [-0.4, -0.2) is 9.78 Å². The Balaban J connectivity index is 3.32. The maximum absolute atomic E-state index is 4.63. The molecule has 1 heterocycles. The van der Waals surface area contributed by atoms with Crippen LogP contribution in [0.1, 0.15) is 51.6 Å². The third kappa shape index (κ3) is 1.84. The third-order valence-electron chi connectivity index (χ3n) is 2.63. The molecule has 0 aliphatic carbocycles. The van der Waals surface area contributed by atoms with E-state index in [0.29, 0.717) is 0 Å². The molecule has 0 bridgehead atoms. The molecule has 2 heteroatoms. The van der Waals surface area contributed by atoms with Crippen molar-refractivity contribution >= 4 is 0 Å². The van der Waals surface area contributed by atoms with Gasteiger partial charge in [-0.1, -0.05) is 27.7 Å². The lowest BCUT2D eigenvalue weighted by molar-refractivity contribution is 0.494. The first-order valence-corrected chi connectivity index (χ1v) is 5.48. The third-order valence-corrected chi connectivity index (χ3v) is 2.63. The molecule has 0 fully saturated rings. The molecule has 1 rings (SSSR count). The van der Waals surface area contributed by atoms with Gasteiger partial charge >= 0.3 is 0 Å². The minimum absolute atomic E-state index is 0.195. The second-order valence-corrected chi connectivity index (χ2v) is 4.84. The zero-order chi connectivity index (χ0) is 10.9. The SMILES string of the molecule is CCc1nn(CC)c(C(C)(C)C)c1C. The summed E-state index contributed by atoms with van der Waals surface area (Å²) in [6.45, 7) is 14.2. The van der Waals surface area contributed by atoms with E-state index < -0.39 is 0 Å². The summed E-state index contributed by atoms with van der Waals surface area (Å²) in [6, 6.07) is 0. The fourth-order valence-corrected chi connectivity index (χ4v) is 2.12. The van der Waals surface area contributed by atoms with Crippen LogP contribution in [0.2, 0.25) is 0 Å². The summed E-state index contributed by atoms with van der Waals surface area (Å²) in [5.74, 6) is 0. The molecule has 0 saturated carbocycles. The largest absolute Gasteiger partial charge is 0.269 e. The highest BCUT2D eigenvalue weighted by atomic mass is 15.3. The summed E-state index contributed by atoms with van der Waals surface area (Å²) < 4.78 is 2.15. The molecule has 0 aliphatic rings. The topological polar surface area (TPSA) is 17.8 Å². The van der Waals surface area contributed by atoms with Crippen molar-refractivity contribution in [2.75, 3.05) is 0 Å². The van der Waals surface area contributed by atoms with Gasteiger partial charge in [0.25, 0.3) is 0 Å². The lowest BCUT2D eigenvalue weighted by atomic mass is 9.88. The van der Waals surface area contributed by atoms with Crippen molar-refractivity contribution in [1.29, 1.82) is 0 Å². The Morgan fingerprint density at radius 1 is 1.21 bits per heavy atom. The molecule has 0 aromatic carbocycles. The Morgan fingerprint density at radius 2 is 1.79 bits per heavy atom. The van der Waals surface area contributed by atoms with Gasteiger partial charge in [-0.2, -0.15) is 5.10 Å². The monoisotopic (exact) mass is 194 g/mol. The lowest BCUT2D eigenvalue weighted by Gasteiger charge is -2.21. The molecule has 0 unspecified atom stereocenters. The van der Waals surface area contributed by atoms with Crippen molar-refractivity contribution < 1.29 is 0 Å². The highest BCUT2D eigenvalue weighted by Gasteiger charge is 2.23. The highest BCUT2D eigenvalue weighted by molar-refractivity contribution is 5.30. The van der Waals surface area contributed by atoms with Gasteiger partial charge < -0.3 is 0 Å². The maximum Gasteiger partial charge on any atom is 0.0654 e. The second-order valence-electron chi connectivity index (χ2n) is 4.84. The minimum atomic E-state index is 0.195. The number of aromatic nitrogens is 2. The Hall–Kier alpha value is -0.790. The summed E-state index contributed by atoms with van der Waals surface area (Å²) >= 11 is 0. The van der Waals surface area contributed by atoms with Gasteiger partial charge in [-0.05, 0) is 25.8 Å². The van der Waals surface area contributed by atoms with Gasteiger partial charge in [0, 0.05) is 17.7 Å². The summed E-state index contributed by atoms with van der Waals surface area (Å²) in [7, 11) is 0. The van der Waals surface area contributed by atoms with Crippen molar-refractivity contribution in [2.24, 2.45) is 0 Å². The van der Waals surface area contributed by atoms with Gasteiger partial charge in [0.2, 0.25) is 0 Å². The molecule has 0 amide bonds. The van der Waals surface area contributed by atoms with Crippen LogP contribution in [-0.2, 0) is 18.4 Å². The number of nitrogens with zero attached hydrogens (tertiary/aromatic N) is 2. The molecule has 0 atom stereocenters. The van der Waals surface area contributed by atoms with Crippen molar-refractivity contribution in [3.05, 3.63) is 17.0 Å². The predicted octanol–water partition coefficient (Wildman–Crippen LogP) is 3.07. The summed E-state index contributed by atoms with van der Waals surface area (Å²) in [4.78, 5) is 0. The molecule has 80 valence electrons. The van der Waals surface area contributed by atoms with Crippen LogP contribution in [0.3, 0.4) is 0 Å². The Bertz CT molecular complexity index is 316. The number of hydrogen-bond acceptors (Lipinski definition) is 1. The van der Waals surface area contributed by atoms with Crippen LogP contribution in [0.5, 0.6) is 0 Å². The van der Waals surface area contributed by atoms with Crippen molar-refractivity contribution in [1.82, 2.24) is 9.78 Å². The van der Waals surface area contributed by atoms with Crippen molar-refractivity contribution in [3.63, 3.8) is 0 Å². The van der Waals surface area contributed by atoms with E-state index in [-0.39, 0.29) is 5.41 Å². The molecule has 0 spiro atoms. The van der Waals surface area contributed by atoms with Crippen LogP contribution in [0.25, 0.3) is 0 Å². The Morgan fingerprint density at radius 3 is 2.07 bits per heavy atom. The zero-order valence-corrected chi connectivity index (χ0v) is 10.3. The van der Waals surface area contributed by atoms with Gasteiger partial charge in [-0.15, -0.1) is 0 Å². The molecular weight excluding hydrogens is 172 g/mol. The minimum Gasteiger partial charge on any atom is -0.269 e. The molecule has 0 radical (unpaired) electrons. The average molecular weight is 194 g/mol. The summed E-state index contributed by atoms with van der Waals surface area (Å²) in [5.41, 5.74) is 4.20. The summed E-state index contributed by atoms with van der Waals surface area (Å²) in [6.07, 6.45) is 1.03.